The van der Waals surface area contributed by atoms with Crippen molar-refractivity contribution < 1.29 is 22.0 Å². The highest BCUT2D eigenvalue weighted by molar-refractivity contribution is 5.91. The van der Waals surface area contributed by atoms with E-state index in [9.17, 15) is 22.0 Å². The van der Waals surface area contributed by atoms with Crippen molar-refractivity contribution in [3.05, 3.63) is 30.5 Å². The van der Waals surface area contributed by atoms with E-state index in [1.54, 1.807) is 6.92 Å². The van der Waals surface area contributed by atoms with Gasteiger partial charge in [-0.3, -0.25) is 0 Å². The third-order valence-electron chi connectivity index (χ3n) is 4.63. The lowest BCUT2D eigenvalue weighted by Gasteiger charge is -2.18. The van der Waals surface area contributed by atoms with Crippen LogP contribution in [0.1, 0.15) is 25.3 Å². The van der Waals surface area contributed by atoms with Crippen LogP contribution in [0.15, 0.2) is 24.9 Å². The Bertz CT molecular complexity index is 1040. The minimum atomic E-state index is -4.62. The highest BCUT2D eigenvalue weighted by atomic mass is 19.4. The molecule has 1 saturated carbocycles. The molecule has 0 spiro atoms. The predicted molar refractivity (Wildman–Crippen MR) is 95.1 cm³/mol. The van der Waals surface area contributed by atoms with Gasteiger partial charge in [0.1, 0.15) is 23.4 Å². The molecule has 1 aliphatic carbocycles. The molecule has 7 nitrogen and oxygen atoms in total. The number of hydrogen-bond acceptors (Lipinski definition) is 6. The van der Waals surface area contributed by atoms with Crippen molar-refractivity contribution in [2.45, 2.75) is 44.5 Å². The molecule has 3 heterocycles. The van der Waals surface area contributed by atoms with Crippen molar-refractivity contribution >= 4 is 28.5 Å². The van der Waals surface area contributed by atoms with Gasteiger partial charge in [-0.2, -0.15) is 18.2 Å². The van der Waals surface area contributed by atoms with Gasteiger partial charge in [-0.05, 0) is 19.8 Å². The van der Waals surface area contributed by atoms with E-state index in [2.05, 4.69) is 30.6 Å². The average molecular weight is 413 g/mol. The summed E-state index contributed by atoms with van der Waals surface area (Å²) in [6.45, 7) is 1.21. The number of anilines is 3. The van der Waals surface area contributed by atoms with Gasteiger partial charge in [0.25, 0.3) is 6.43 Å². The van der Waals surface area contributed by atoms with Crippen molar-refractivity contribution in [3.8, 4) is 0 Å². The third kappa shape index (κ3) is 4.05. The Balaban J connectivity index is 1.70. The standard InChI is InChI=1S/C17H16F5N7/c1-16(2-3-16)28-13-10(17(20,21)22)5-24-15(27-13)26-11-6-29(7-12(18)19)14-9(11)4-23-8-25-14/h4-6,8,12H,2-3,7H2,1H3,(H2,24,26,27,28). The van der Waals surface area contributed by atoms with Crippen LogP contribution in [0, 0.1) is 0 Å². The first-order valence-electron chi connectivity index (χ1n) is 8.71. The van der Waals surface area contributed by atoms with Crippen LogP contribution in [0.5, 0.6) is 0 Å². The topological polar surface area (TPSA) is 80.5 Å². The Morgan fingerprint density at radius 1 is 1.21 bits per heavy atom. The Morgan fingerprint density at radius 3 is 2.62 bits per heavy atom. The molecule has 3 aromatic heterocycles. The average Bonchev–Trinajstić information content (AvgIpc) is 3.26. The fourth-order valence-electron chi connectivity index (χ4n) is 2.88. The summed E-state index contributed by atoms with van der Waals surface area (Å²) >= 11 is 0. The minimum Gasteiger partial charge on any atom is -0.364 e. The van der Waals surface area contributed by atoms with E-state index in [1.165, 1.54) is 23.3 Å². The summed E-state index contributed by atoms with van der Waals surface area (Å²) in [5, 5.41) is 6.03. The molecule has 0 radical (unpaired) electrons. The highest BCUT2D eigenvalue weighted by Crippen LogP contribution is 2.41. The highest BCUT2D eigenvalue weighted by Gasteiger charge is 2.42. The number of aromatic nitrogens is 5. The van der Waals surface area contributed by atoms with Crippen molar-refractivity contribution in [3.63, 3.8) is 0 Å². The second kappa shape index (κ2) is 6.78. The molecule has 0 saturated heterocycles. The van der Waals surface area contributed by atoms with Crippen LogP contribution in [-0.4, -0.2) is 36.5 Å². The van der Waals surface area contributed by atoms with Gasteiger partial charge in [0, 0.05) is 24.1 Å². The largest absolute Gasteiger partial charge is 0.421 e. The number of halogens is 5. The zero-order valence-corrected chi connectivity index (χ0v) is 15.1. The summed E-state index contributed by atoms with van der Waals surface area (Å²) in [5.74, 6) is -0.438. The van der Waals surface area contributed by atoms with Gasteiger partial charge in [-0.25, -0.2) is 23.7 Å². The van der Waals surface area contributed by atoms with Gasteiger partial charge in [0.2, 0.25) is 5.95 Å². The van der Waals surface area contributed by atoms with E-state index in [1.807, 2.05) is 0 Å². The van der Waals surface area contributed by atoms with Gasteiger partial charge in [0.05, 0.1) is 17.6 Å². The third-order valence-corrected chi connectivity index (χ3v) is 4.63. The van der Waals surface area contributed by atoms with Crippen molar-refractivity contribution in [1.82, 2.24) is 24.5 Å². The van der Waals surface area contributed by atoms with E-state index < -0.39 is 30.2 Å². The molecular formula is C17H16F5N7. The van der Waals surface area contributed by atoms with Gasteiger partial charge in [-0.15, -0.1) is 0 Å². The number of hydrogen-bond donors (Lipinski definition) is 2. The van der Waals surface area contributed by atoms with Crippen LogP contribution in [0.4, 0.5) is 39.4 Å². The molecular weight excluding hydrogens is 397 g/mol. The summed E-state index contributed by atoms with van der Waals surface area (Å²) in [6, 6.07) is 0. The molecule has 1 aliphatic rings. The lowest BCUT2D eigenvalue weighted by Crippen LogP contribution is -2.21. The normalized spacial score (nSPS) is 15.7. The maximum absolute atomic E-state index is 13.3. The maximum Gasteiger partial charge on any atom is 0.421 e. The van der Waals surface area contributed by atoms with Crippen molar-refractivity contribution in [2.75, 3.05) is 10.6 Å². The van der Waals surface area contributed by atoms with Crippen LogP contribution in [-0.2, 0) is 12.7 Å². The zero-order chi connectivity index (χ0) is 20.8. The molecule has 154 valence electrons. The van der Waals surface area contributed by atoms with Gasteiger partial charge < -0.3 is 15.2 Å². The van der Waals surface area contributed by atoms with E-state index in [0.29, 0.717) is 17.3 Å². The Hall–Kier alpha value is -3.05. The quantitative estimate of drug-likeness (QED) is 0.590. The molecule has 0 amide bonds. The molecule has 0 atom stereocenters. The number of nitrogens with one attached hydrogen (secondary N) is 2. The fourth-order valence-corrected chi connectivity index (χ4v) is 2.88. The summed E-state index contributed by atoms with van der Waals surface area (Å²) in [5.41, 5.74) is -0.838. The molecule has 0 aliphatic heterocycles. The second-order valence-electron chi connectivity index (χ2n) is 7.11. The first-order chi connectivity index (χ1) is 13.6. The Kier molecular flexibility index (Phi) is 4.50. The molecule has 1 fully saturated rings. The van der Waals surface area contributed by atoms with Crippen LogP contribution in [0.3, 0.4) is 0 Å². The summed E-state index contributed by atoms with van der Waals surface area (Å²) in [7, 11) is 0. The summed E-state index contributed by atoms with van der Waals surface area (Å²) < 4.78 is 66.8. The van der Waals surface area contributed by atoms with Gasteiger partial charge in [-0.1, -0.05) is 0 Å². The van der Waals surface area contributed by atoms with Crippen molar-refractivity contribution in [2.24, 2.45) is 0 Å². The van der Waals surface area contributed by atoms with E-state index in [4.69, 9.17) is 0 Å². The molecule has 3 aromatic rings. The lowest BCUT2D eigenvalue weighted by molar-refractivity contribution is -0.137. The molecule has 0 unspecified atom stereocenters. The molecule has 12 heteroatoms. The zero-order valence-electron chi connectivity index (χ0n) is 15.1. The molecule has 4 rings (SSSR count). The second-order valence-corrected chi connectivity index (χ2v) is 7.11. The number of alkyl halides is 5. The van der Waals surface area contributed by atoms with Crippen LogP contribution in [0.25, 0.3) is 11.0 Å². The van der Waals surface area contributed by atoms with Crippen LogP contribution < -0.4 is 10.6 Å². The summed E-state index contributed by atoms with van der Waals surface area (Å²) in [4.78, 5) is 15.6. The van der Waals surface area contributed by atoms with Crippen molar-refractivity contribution in [1.29, 1.82) is 0 Å². The predicted octanol–water partition coefficient (Wildman–Crippen LogP) is 4.21. The first kappa shape index (κ1) is 19.3. The minimum absolute atomic E-state index is 0.107. The molecule has 29 heavy (non-hydrogen) atoms. The van der Waals surface area contributed by atoms with Crippen LogP contribution >= 0.6 is 0 Å². The number of fused-ring (bicyclic) bond motifs is 1. The van der Waals surface area contributed by atoms with Gasteiger partial charge in [0.15, 0.2) is 0 Å². The smallest absolute Gasteiger partial charge is 0.364 e. The van der Waals surface area contributed by atoms with E-state index in [0.717, 1.165) is 12.8 Å². The molecule has 0 bridgehead atoms. The first-order valence-corrected chi connectivity index (χ1v) is 8.71. The van der Waals surface area contributed by atoms with Gasteiger partial charge >= 0.3 is 6.18 Å². The Labute approximate surface area is 161 Å². The fraction of sp³-hybridized carbons (Fsp3) is 0.412. The SMILES string of the molecule is CC1(Nc2nc(Nc3cn(CC(F)F)c4ncncc34)ncc2C(F)(F)F)CC1. The number of rotatable bonds is 6. The number of nitrogens with zero attached hydrogens (tertiary/aromatic N) is 5. The lowest BCUT2D eigenvalue weighted by atomic mass is 10.2. The van der Waals surface area contributed by atoms with Crippen LogP contribution in [0.2, 0.25) is 0 Å². The summed E-state index contributed by atoms with van der Waals surface area (Å²) in [6.07, 6.45) is -1.05. The van der Waals surface area contributed by atoms with E-state index >= 15 is 0 Å². The maximum atomic E-state index is 13.3. The van der Waals surface area contributed by atoms with E-state index in [-0.39, 0.29) is 17.4 Å². The molecule has 0 aromatic carbocycles. The Morgan fingerprint density at radius 2 is 1.97 bits per heavy atom. The monoisotopic (exact) mass is 413 g/mol. The molecule has 2 N–H and O–H groups in total.